The summed E-state index contributed by atoms with van der Waals surface area (Å²) in [7, 11) is 0. The Labute approximate surface area is 186 Å². The van der Waals surface area contributed by atoms with Crippen LogP contribution in [0.25, 0.3) is 0 Å². The molecular weight excluding hydrogens is 448 g/mol. The monoisotopic (exact) mass is 470 g/mol. The van der Waals surface area contributed by atoms with Gasteiger partial charge in [0.25, 0.3) is 5.91 Å². The molecule has 0 spiro atoms. The van der Waals surface area contributed by atoms with Gasteiger partial charge >= 0.3 is 12.1 Å². The fraction of sp³-hybridized carbons (Fsp3) is 0.429. The number of aliphatic carboxylic acids is 1. The number of alkyl halides is 3. The number of ether oxygens (including phenoxy) is 1. The van der Waals surface area contributed by atoms with Gasteiger partial charge in [-0.1, -0.05) is 0 Å². The summed E-state index contributed by atoms with van der Waals surface area (Å²) in [6.07, 6.45) is -1.63. The first-order valence-corrected chi connectivity index (χ1v) is 10.0. The Morgan fingerprint density at radius 2 is 1.91 bits per heavy atom. The summed E-state index contributed by atoms with van der Waals surface area (Å²) in [6.45, 7) is 4.38. The van der Waals surface area contributed by atoms with Gasteiger partial charge in [-0.3, -0.25) is 4.79 Å². The maximum Gasteiger partial charge on any atom is 0.490 e. The number of carbonyl (C=O) groups excluding carboxylic acids is 1. The normalized spacial score (nSPS) is 21.7. The standard InChI is InChI=1S/C19H21FN4O2.C2HF3O2/c1-12-7-14(20)3-4-15(12)18(25)24-9-16-13(11-26-17(16)10-24)8-23-19-21-5-2-6-22-19;3-2(4,5)1(6)7/h2-7,13,16-17H,8-11H2,1H3,(H,21,22,23);(H,6,7)/t13-,16+,17+;/m0./s1. The molecule has 0 aliphatic carbocycles. The zero-order valence-corrected chi connectivity index (χ0v) is 17.6. The SMILES string of the molecule is Cc1cc(F)ccc1C(=O)N1C[C@@H]2[C@@H](CNc3ncccn3)CO[C@@H]2C1.O=C(O)C(F)(F)F. The molecule has 12 heteroatoms. The molecule has 1 aromatic carbocycles. The molecule has 0 bridgehead atoms. The zero-order valence-electron chi connectivity index (χ0n) is 17.6. The van der Waals surface area contributed by atoms with Crippen molar-refractivity contribution in [3.05, 3.63) is 53.6 Å². The summed E-state index contributed by atoms with van der Waals surface area (Å²) >= 11 is 0. The van der Waals surface area contributed by atoms with E-state index in [1.54, 1.807) is 31.5 Å². The van der Waals surface area contributed by atoms with Crippen molar-refractivity contribution >= 4 is 17.8 Å². The van der Waals surface area contributed by atoms with Crippen molar-refractivity contribution < 1.29 is 37.0 Å². The van der Waals surface area contributed by atoms with Crippen LogP contribution in [0.3, 0.4) is 0 Å². The molecule has 2 aliphatic heterocycles. The van der Waals surface area contributed by atoms with Gasteiger partial charge in [-0.15, -0.1) is 0 Å². The van der Waals surface area contributed by atoms with Crippen LogP contribution in [0.2, 0.25) is 0 Å². The van der Waals surface area contributed by atoms with Crippen LogP contribution in [0.4, 0.5) is 23.5 Å². The van der Waals surface area contributed by atoms with Gasteiger partial charge in [0.15, 0.2) is 0 Å². The molecule has 2 N–H and O–H groups in total. The van der Waals surface area contributed by atoms with Gasteiger partial charge in [-0.25, -0.2) is 19.2 Å². The van der Waals surface area contributed by atoms with Gasteiger partial charge in [0.05, 0.1) is 12.7 Å². The van der Waals surface area contributed by atoms with Crippen molar-refractivity contribution in [3.8, 4) is 0 Å². The Morgan fingerprint density at radius 1 is 1.24 bits per heavy atom. The Bertz CT molecular complexity index is 990. The van der Waals surface area contributed by atoms with E-state index in [2.05, 4.69) is 15.3 Å². The molecule has 33 heavy (non-hydrogen) atoms. The highest BCUT2D eigenvalue weighted by Gasteiger charge is 2.45. The number of rotatable bonds is 4. The first-order chi connectivity index (χ1) is 15.6. The lowest BCUT2D eigenvalue weighted by molar-refractivity contribution is -0.192. The van der Waals surface area contributed by atoms with Crippen LogP contribution in [0.15, 0.2) is 36.7 Å². The van der Waals surface area contributed by atoms with E-state index < -0.39 is 12.1 Å². The molecule has 8 nitrogen and oxygen atoms in total. The van der Waals surface area contributed by atoms with Crippen LogP contribution in [-0.4, -0.2) is 70.4 Å². The highest BCUT2D eigenvalue weighted by molar-refractivity contribution is 5.95. The van der Waals surface area contributed by atoms with E-state index >= 15 is 0 Å². The number of hydrogen-bond donors (Lipinski definition) is 2. The van der Waals surface area contributed by atoms with Crippen LogP contribution < -0.4 is 5.32 Å². The van der Waals surface area contributed by atoms with Crippen LogP contribution in [0.1, 0.15) is 15.9 Å². The summed E-state index contributed by atoms with van der Waals surface area (Å²) in [4.78, 5) is 31.9. The lowest BCUT2D eigenvalue weighted by atomic mass is 9.93. The number of anilines is 1. The van der Waals surface area contributed by atoms with Crippen LogP contribution >= 0.6 is 0 Å². The second-order valence-corrected chi connectivity index (χ2v) is 7.72. The van der Waals surface area contributed by atoms with Crippen molar-refractivity contribution in [3.63, 3.8) is 0 Å². The number of nitrogens with zero attached hydrogens (tertiary/aromatic N) is 3. The van der Waals surface area contributed by atoms with Crippen molar-refractivity contribution in [1.82, 2.24) is 14.9 Å². The quantitative estimate of drug-likeness (QED) is 0.662. The number of carboxylic acids is 1. The summed E-state index contributed by atoms with van der Waals surface area (Å²) in [6, 6.07) is 6.07. The third kappa shape index (κ3) is 6.15. The largest absolute Gasteiger partial charge is 0.490 e. The van der Waals surface area contributed by atoms with E-state index in [1.165, 1.54) is 12.1 Å². The number of halogens is 4. The van der Waals surface area contributed by atoms with Gasteiger partial charge in [0, 0.05) is 49.4 Å². The second kappa shape index (κ2) is 10.1. The number of carboxylic acid groups (broad SMARTS) is 1. The number of fused-ring (bicyclic) bond motifs is 1. The lowest BCUT2D eigenvalue weighted by Gasteiger charge is -2.21. The van der Waals surface area contributed by atoms with E-state index in [1.807, 2.05) is 4.90 Å². The summed E-state index contributed by atoms with van der Waals surface area (Å²) < 4.78 is 50.9. The van der Waals surface area contributed by atoms with Crippen LogP contribution in [0.5, 0.6) is 0 Å². The molecule has 2 aromatic rings. The third-order valence-electron chi connectivity index (χ3n) is 5.48. The smallest absolute Gasteiger partial charge is 0.475 e. The number of benzene rings is 1. The highest BCUT2D eigenvalue weighted by atomic mass is 19.4. The van der Waals surface area contributed by atoms with Gasteiger partial charge in [0.1, 0.15) is 5.82 Å². The average molecular weight is 470 g/mol. The first kappa shape index (κ1) is 24.4. The molecule has 2 fully saturated rings. The number of amides is 1. The van der Waals surface area contributed by atoms with E-state index in [9.17, 15) is 22.4 Å². The maximum absolute atomic E-state index is 13.3. The molecule has 4 rings (SSSR count). The average Bonchev–Trinajstić information content (AvgIpc) is 3.33. The number of carbonyl (C=O) groups is 2. The molecule has 3 heterocycles. The zero-order chi connectivity index (χ0) is 24.2. The van der Waals surface area contributed by atoms with E-state index in [-0.39, 0.29) is 23.7 Å². The Balaban J connectivity index is 0.000000383. The van der Waals surface area contributed by atoms with Crippen molar-refractivity contribution in [1.29, 1.82) is 0 Å². The van der Waals surface area contributed by atoms with Gasteiger partial charge < -0.3 is 20.1 Å². The molecule has 3 atom stereocenters. The fourth-order valence-corrected chi connectivity index (χ4v) is 3.83. The van der Waals surface area contributed by atoms with Gasteiger partial charge in [0.2, 0.25) is 5.95 Å². The van der Waals surface area contributed by atoms with Crippen molar-refractivity contribution in [2.24, 2.45) is 11.8 Å². The van der Waals surface area contributed by atoms with Crippen LogP contribution in [0, 0.1) is 24.6 Å². The molecule has 0 saturated carbocycles. The molecule has 0 unspecified atom stereocenters. The predicted octanol–water partition coefficient (Wildman–Crippen LogP) is 2.76. The Hall–Kier alpha value is -3.28. The fourth-order valence-electron chi connectivity index (χ4n) is 3.83. The summed E-state index contributed by atoms with van der Waals surface area (Å²) in [5, 5.41) is 10.4. The lowest BCUT2D eigenvalue weighted by Crippen LogP contribution is -2.32. The molecule has 0 radical (unpaired) electrons. The first-order valence-electron chi connectivity index (χ1n) is 10.0. The minimum atomic E-state index is -5.08. The second-order valence-electron chi connectivity index (χ2n) is 7.72. The Kier molecular flexibility index (Phi) is 7.46. The highest BCUT2D eigenvalue weighted by Crippen LogP contribution is 2.34. The number of hydrogen-bond acceptors (Lipinski definition) is 6. The number of likely N-dealkylation sites (tertiary alicyclic amines) is 1. The third-order valence-corrected chi connectivity index (χ3v) is 5.48. The maximum atomic E-state index is 13.3. The summed E-state index contributed by atoms with van der Waals surface area (Å²) in [5.41, 5.74) is 1.21. The molecule has 1 amide bonds. The molecule has 1 aromatic heterocycles. The number of aryl methyl sites for hydroxylation is 1. The number of nitrogens with one attached hydrogen (secondary N) is 1. The van der Waals surface area contributed by atoms with E-state index in [0.29, 0.717) is 49.2 Å². The van der Waals surface area contributed by atoms with Gasteiger partial charge in [-0.2, -0.15) is 13.2 Å². The van der Waals surface area contributed by atoms with E-state index in [0.717, 1.165) is 0 Å². The molecule has 2 saturated heterocycles. The van der Waals surface area contributed by atoms with Crippen molar-refractivity contribution in [2.75, 3.05) is 31.6 Å². The van der Waals surface area contributed by atoms with Crippen molar-refractivity contribution in [2.45, 2.75) is 19.2 Å². The van der Waals surface area contributed by atoms with E-state index in [4.69, 9.17) is 14.6 Å². The Morgan fingerprint density at radius 3 is 2.52 bits per heavy atom. The summed E-state index contributed by atoms with van der Waals surface area (Å²) in [5.74, 6) is -1.95. The molecule has 2 aliphatic rings. The predicted molar refractivity (Wildman–Crippen MR) is 108 cm³/mol. The minimum absolute atomic E-state index is 0.0569. The van der Waals surface area contributed by atoms with Gasteiger partial charge in [-0.05, 0) is 36.8 Å². The molecular formula is C21H22F4N4O4. The molecule has 178 valence electrons. The topological polar surface area (TPSA) is 105 Å². The van der Waals surface area contributed by atoms with Crippen LogP contribution in [-0.2, 0) is 9.53 Å². The minimum Gasteiger partial charge on any atom is -0.475 e. The number of aromatic nitrogens is 2.